The lowest BCUT2D eigenvalue weighted by Gasteiger charge is -2.37. The second kappa shape index (κ2) is 20.2. The van der Waals surface area contributed by atoms with E-state index in [1.165, 1.54) is 51.8 Å². The predicted molar refractivity (Wildman–Crippen MR) is 291 cm³/mol. The van der Waals surface area contributed by atoms with Gasteiger partial charge in [0.25, 0.3) is 5.91 Å². The number of isothiocyanates is 1. The van der Waals surface area contributed by atoms with Crippen molar-refractivity contribution < 1.29 is 28.4 Å². The van der Waals surface area contributed by atoms with Crippen LogP contribution in [0, 0.1) is 11.3 Å². The molecule has 0 bridgehead atoms. The Balaban J connectivity index is 1.29. The van der Waals surface area contributed by atoms with Crippen LogP contribution in [-0.4, -0.2) is 74.8 Å². The Kier molecular flexibility index (Phi) is 14.5. The summed E-state index contributed by atoms with van der Waals surface area (Å²) in [6.07, 6.45) is 10.5. The van der Waals surface area contributed by atoms with Gasteiger partial charge in [-0.05, 0) is 178 Å². The van der Waals surface area contributed by atoms with E-state index in [1.807, 2.05) is 50.2 Å². The van der Waals surface area contributed by atoms with Gasteiger partial charge in [-0.1, -0.05) is 56.0 Å². The molecular weight excluding hydrogens is 909 g/mol. The largest absolute Gasteiger partial charge is 0.497 e. The van der Waals surface area contributed by atoms with Crippen LogP contribution >= 0.6 is 24.0 Å². The fourth-order valence-corrected chi connectivity index (χ4v) is 12.1. The maximum Gasteiger partial charge on any atom is 0.311 e. The molecule has 2 aliphatic heterocycles. The third kappa shape index (κ3) is 9.15. The van der Waals surface area contributed by atoms with Crippen molar-refractivity contribution in [2.75, 3.05) is 52.4 Å². The van der Waals surface area contributed by atoms with Crippen LogP contribution in [0.2, 0.25) is 0 Å². The first-order chi connectivity index (χ1) is 33.5. The molecule has 0 spiro atoms. The van der Waals surface area contributed by atoms with Crippen LogP contribution < -0.4 is 19.7 Å². The number of rotatable bonds is 15. The van der Waals surface area contributed by atoms with Crippen LogP contribution in [0.1, 0.15) is 89.7 Å². The maximum atomic E-state index is 13.7. The minimum Gasteiger partial charge on any atom is -0.497 e. The number of amides is 1. The summed E-state index contributed by atoms with van der Waals surface area (Å²) in [4.78, 5) is 35.4. The Bertz CT molecular complexity index is 3110. The zero-order valence-corrected chi connectivity index (χ0v) is 44.0. The molecular formula is C59H65N4O5S2+. The van der Waals surface area contributed by atoms with Gasteiger partial charge in [0.15, 0.2) is 5.71 Å². The zero-order chi connectivity index (χ0) is 50.1. The second-order valence-electron chi connectivity index (χ2n) is 19.8. The molecule has 0 aromatic heterocycles. The van der Waals surface area contributed by atoms with Crippen LogP contribution in [0.15, 0.2) is 141 Å². The number of carbonyl (C=O) groups excluding carboxylic acids is 2. The van der Waals surface area contributed by atoms with Crippen molar-refractivity contribution >= 4 is 79.6 Å². The number of allylic oxidation sites excluding steroid dienone is 7. The number of carbonyl (C=O) groups is 2. The first-order valence-corrected chi connectivity index (χ1v) is 25.4. The zero-order valence-electron chi connectivity index (χ0n) is 42.4. The predicted octanol–water partition coefficient (Wildman–Crippen LogP) is 13.1. The highest BCUT2D eigenvalue weighted by molar-refractivity contribution is 8.03. The Morgan fingerprint density at radius 3 is 2.13 bits per heavy atom. The van der Waals surface area contributed by atoms with Gasteiger partial charge in [-0.15, -0.1) is 0 Å². The van der Waals surface area contributed by atoms with E-state index in [2.05, 4.69) is 152 Å². The monoisotopic (exact) mass is 973 g/mol. The van der Waals surface area contributed by atoms with Crippen LogP contribution in [-0.2, 0) is 20.4 Å². The fourth-order valence-electron chi connectivity index (χ4n) is 11.0. The first kappa shape index (κ1) is 50.1. The standard InChI is InChI=1S/C59H64N4O5S2/c1-12-62-48-26-16-38-34-43(66-9)20-24-46(38)52(48)58(5,6)50(62)28-18-40-32-42(57(3,4)56(65)68-11)33-41(54(40)70-45-22-14-37(15-23-45)55(64)61-31-30-60-36-69)19-29-51-59(7,8)53-47-25-21-44(67-10)35-39(47)17-27-49(53)63(51)13-2/h14-29,34-35,42H,12-13,30-33H2,1-11H3/p+1. The lowest BCUT2D eigenvalue weighted by atomic mass is 9.69. The molecule has 8 rings (SSSR count). The SMILES string of the molecule is CCN1/C(=C/C=C2\CC(C(C)(C)C(=O)OC)CC(/C=C/C3=[N+](CC)c4ccc5cc(OC)ccc5c4C3(C)C)=C2Sc2ccc(C(=O)NCCN=C=S)cc2)C(C)(C)c2c1ccc1cc(OC)ccc21. The highest BCUT2D eigenvalue weighted by Crippen LogP contribution is 2.53. The Morgan fingerprint density at radius 1 is 0.857 bits per heavy atom. The quantitative estimate of drug-likeness (QED) is 0.0365. The molecule has 11 heteroatoms. The molecule has 1 unspecified atom stereocenters. The van der Waals surface area contributed by atoms with Crippen LogP contribution in [0.5, 0.6) is 11.5 Å². The van der Waals surface area contributed by atoms with Crippen LogP contribution in [0.4, 0.5) is 11.4 Å². The molecule has 5 aromatic rings. The molecule has 1 aliphatic carbocycles. The summed E-state index contributed by atoms with van der Waals surface area (Å²) < 4.78 is 19.2. The summed E-state index contributed by atoms with van der Waals surface area (Å²) in [5.74, 6) is 1.20. The molecule has 3 aliphatic rings. The van der Waals surface area contributed by atoms with E-state index < -0.39 is 5.41 Å². The Hall–Kier alpha value is -6.26. The molecule has 0 radical (unpaired) electrons. The van der Waals surface area contributed by atoms with E-state index in [9.17, 15) is 9.59 Å². The summed E-state index contributed by atoms with van der Waals surface area (Å²) in [5.41, 5.74) is 8.78. The van der Waals surface area contributed by atoms with Gasteiger partial charge in [-0.2, -0.15) is 4.58 Å². The minimum absolute atomic E-state index is 0.0720. The third-order valence-corrected chi connectivity index (χ3v) is 16.1. The lowest BCUT2D eigenvalue weighted by Crippen LogP contribution is -2.36. The molecule has 2 heterocycles. The number of ether oxygens (including phenoxy) is 3. The molecule has 0 saturated heterocycles. The first-order valence-electron chi connectivity index (χ1n) is 24.2. The van der Waals surface area contributed by atoms with Gasteiger partial charge in [0.1, 0.15) is 18.0 Å². The highest BCUT2D eigenvalue weighted by atomic mass is 32.2. The average molecular weight is 974 g/mol. The summed E-state index contributed by atoms with van der Waals surface area (Å²) in [7, 11) is 4.90. The summed E-state index contributed by atoms with van der Waals surface area (Å²) in [5, 5.41) is 9.98. The Labute approximate surface area is 423 Å². The van der Waals surface area contributed by atoms with Crippen molar-refractivity contribution in [1.29, 1.82) is 0 Å². The van der Waals surface area contributed by atoms with Crippen molar-refractivity contribution in [3.8, 4) is 11.5 Å². The fraction of sp³-hybridized carbons (Fsp3) is 0.356. The number of hydrogen-bond acceptors (Lipinski definition) is 9. The van der Waals surface area contributed by atoms with Gasteiger partial charge in [0, 0.05) is 63.0 Å². The average Bonchev–Trinajstić information content (AvgIpc) is 3.73. The van der Waals surface area contributed by atoms with Crippen molar-refractivity contribution in [2.45, 2.75) is 84.0 Å². The molecule has 0 fully saturated rings. The van der Waals surface area contributed by atoms with E-state index in [1.54, 1.807) is 26.0 Å². The maximum absolute atomic E-state index is 13.7. The molecule has 0 saturated carbocycles. The number of thiocarbonyl (C=S) groups is 1. The minimum atomic E-state index is -0.788. The van der Waals surface area contributed by atoms with Gasteiger partial charge in [0.2, 0.25) is 5.69 Å². The number of thioether (sulfide) groups is 1. The highest BCUT2D eigenvalue weighted by Gasteiger charge is 2.46. The molecule has 1 amide bonds. The third-order valence-electron chi connectivity index (χ3n) is 14.8. The number of benzene rings is 5. The second-order valence-corrected chi connectivity index (χ2v) is 21.1. The van der Waals surface area contributed by atoms with Gasteiger partial charge in [-0.25, -0.2) is 4.99 Å². The normalized spacial score (nSPS) is 18.4. The number of hydrogen-bond donors (Lipinski definition) is 1. The van der Waals surface area contributed by atoms with E-state index in [0.717, 1.165) is 56.3 Å². The van der Waals surface area contributed by atoms with E-state index in [-0.39, 0.29) is 28.6 Å². The number of nitrogens with one attached hydrogen (secondary N) is 1. The summed E-state index contributed by atoms with van der Waals surface area (Å²) >= 11 is 6.39. The van der Waals surface area contributed by atoms with E-state index in [4.69, 9.17) is 14.2 Å². The Morgan fingerprint density at radius 2 is 1.51 bits per heavy atom. The summed E-state index contributed by atoms with van der Waals surface area (Å²) in [6.45, 7) is 20.1. The number of methoxy groups -OCH3 is 3. The van der Waals surface area contributed by atoms with Gasteiger partial charge in [-0.3, -0.25) is 9.59 Å². The van der Waals surface area contributed by atoms with Crippen molar-refractivity contribution in [3.63, 3.8) is 0 Å². The molecule has 1 N–H and O–H groups in total. The number of anilines is 1. The molecule has 70 heavy (non-hydrogen) atoms. The van der Waals surface area contributed by atoms with Crippen molar-refractivity contribution in [2.24, 2.45) is 16.3 Å². The van der Waals surface area contributed by atoms with Crippen LogP contribution in [0.3, 0.4) is 0 Å². The number of aliphatic imine (C=N–C) groups is 1. The lowest BCUT2D eigenvalue weighted by molar-refractivity contribution is -0.433. The molecule has 9 nitrogen and oxygen atoms in total. The topological polar surface area (TPSA) is 92.5 Å². The number of likely N-dealkylation sites (N-methyl/N-ethyl adjacent to an activating group) is 1. The number of nitrogens with zero attached hydrogens (tertiary/aromatic N) is 3. The summed E-state index contributed by atoms with van der Waals surface area (Å²) in [6, 6.07) is 29.4. The molecule has 362 valence electrons. The van der Waals surface area contributed by atoms with Gasteiger partial charge < -0.3 is 24.4 Å². The van der Waals surface area contributed by atoms with Crippen molar-refractivity contribution in [1.82, 2.24) is 5.32 Å². The molecule has 5 aromatic carbocycles. The van der Waals surface area contributed by atoms with Crippen LogP contribution in [0.25, 0.3) is 21.5 Å². The van der Waals surface area contributed by atoms with Crippen molar-refractivity contribution in [3.05, 3.63) is 148 Å². The van der Waals surface area contributed by atoms with E-state index in [0.29, 0.717) is 31.5 Å². The number of esters is 1. The van der Waals surface area contributed by atoms with Gasteiger partial charge >= 0.3 is 5.97 Å². The van der Waals surface area contributed by atoms with E-state index >= 15 is 0 Å². The van der Waals surface area contributed by atoms with Gasteiger partial charge in [0.05, 0.1) is 43.9 Å². The smallest absolute Gasteiger partial charge is 0.311 e. The molecule has 1 atom stereocenters. The number of fused-ring (bicyclic) bond motifs is 6.